The largest absolute Gasteiger partial charge is 0.331 e. The fraction of sp³-hybridized carbons (Fsp3) is 0.312. The minimum absolute atomic E-state index is 0.0000954. The van der Waals surface area contributed by atoms with E-state index in [9.17, 15) is 4.79 Å². The lowest BCUT2D eigenvalue weighted by Gasteiger charge is -2.21. The summed E-state index contributed by atoms with van der Waals surface area (Å²) in [6.07, 6.45) is 2.05. The predicted molar refractivity (Wildman–Crippen MR) is 81.8 cm³/mol. The van der Waals surface area contributed by atoms with E-state index in [1.807, 2.05) is 24.6 Å². The number of hydrogen-bond donors (Lipinski definition) is 1. The maximum atomic E-state index is 12.3. The fourth-order valence-electron chi connectivity index (χ4n) is 2.67. The molecule has 0 spiro atoms. The first kappa shape index (κ1) is 13.2. The summed E-state index contributed by atoms with van der Waals surface area (Å²) in [7, 11) is 1.84. The molecule has 1 aliphatic rings. The van der Waals surface area contributed by atoms with Crippen molar-refractivity contribution in [3.8, 4) is 0 Å². The van der Waals surface area contributed by atoms with Crippen molar-refractivity contribution < 1.29 is 4.79 Å². The molecule has 1 aromatic heterocycles. The van der Waals surface area contributed by atoms with E-state index in [4.69, 9.17) is 0 Å². The summed E-state index contributed by atoms with van der Waals surface area (Å²) in [5.74, 6) is 0. The van der Waals surface area contributed by atoms with Crippen LogP contribution in [0.2, 0.25) is 0 Å². The number of carbonyl (C=O) groups excluding carboxylic acids is 1. The van der Waals surface area contributed by atoms with Gasteiger partial charge in [-0.25, -0.2) is 4.79 Å². The van der Waals surface area contributed by atoms with Gasteiger partial charge in [0.05, 0.1) is 12.6 Å². The highest BCUT2D eigenvalue weighted by atomic mass is 32.1. The zero-order valence-electron chi connectivity index (χ0n) is 11.5. The molecule has 1 N–H and O–H groups in total. The van der Waals surface area contributed by atoms with Gasteiger partial charge in [-0.1, -0.05) is 30.3 Å². The number of fused-ring (bicyclic) bond motifs is 1. The molecule has 0 fully saturated rings. The maximum Gasteiger partial charge on any atom is 0.317 e. The van der Waals surface area contributed by atoms with Crippen LogP contribution in [0.4, 0.5) is 4.79 Å². The van der Waals surface area contributed by atoms with Crippen molar-refractivity contribution in [3.63, 3.8) is 0 Å². The quantitative estimate of drug-likeness (QED) is 0.919. The van der Waals surface area contributed by atoms with Crippen molar-refractivity contribution in [1.29, 1.82) is 0 Å². The Balaban J connectivity index is 1.62. The van der Waals surface area contributed by atoms with Gasteiger partial charge in [0.15, 0.2) is 0 Å². The zero-order chi connectivity index (χ0) is 13.9. The van der Waals surface area contributed by atoms with Crippen molar-refractivity contribution in [2.24, 2.45) is 0 Å². The van der Waals surface area contributed by atoms with Gasteiger partial charge in [0.1, 0.15) is 0 Å². The molecule has 0 radical (unpaired) electrons. The van der Waals surface area contributed by atoms with Gasteiger partial charge in [0.25, 0.3) is 0 Å². The predicted octanol–water partition coefficient (Wildman–Crippen LogP) is 3.58. The Morgan fingerprint density at radius 2 is 2.20 bits per heavy atom. The van der Waals surface area contributed by atoms with E-state index in [0.717, 1.165) is 12.8 Å². The molecule has 104 valence electrons. The van der Waals surface area contributed by atoms with Crippen molar-refractivity contribution >= 4 is 17.4 Å². The van der Waals surface area contributed by atoms with Gasteiger partial charge in [-0.3, -0.25) is 0 Å². The van der Waals surface area contributed by atoms with E-state index in [1.165, 1.54) is 16.0 Å². The van der Waals surface area contributed by atoms with E-state index in [1.54, 1.807) is 16.2 Å². The Bertz CT molecular complexity index is 594. The lowest BCUT2D eigenvalue weighted by atomic mass is 10.1. The highest BCUT2D eigenvalue weighted by molar-refractivity contribution is 7.09. The monoisotopic (exact) mass is 286 g/mol. The molecule has 4 heteroatoms. The summed E-state index contributed by atoms with van der Waals surface area (Å²) in [5.41, 5.74) is 2.63. The van der Waals surface area contributed by atoms with Gasteiger partial charge < -0.3 is 10.2 Å². The Kier molecular flexibility index (Phi) is 3.74. The molecule has 1 unspecified atom stereocenters. The van der Waals surface area contributed by atoms with Crippen LogP contribution >= 0.6 is 11.3 Å². The molecule has 0 saturated heterocycles. The number of nitrogens with zero attached hydrogens (tertiary/aromatic N) is 1. The summed E-state index contributed by atoms with van der Waals surface area (Å²) in [6, 6.07) is 12.6. The molecule has 2 aromatic rings. The first-order chi connectivity index (χ1) is 9.74. The van der Waals surface area contributed by atoms with Crippen molar-refractivity contribution in [3.05, 3.63) is 57.8 Å². The van der Waals surface area contributed by atoms with E-state index >= 15 is 0 Å². The molecule has 1 aromatic carbocycles. The first-order valence-electron chi connectivity index (χ1n) is 6.86. The Morgan fingerprint density at radius 3 is 3.00 bits per heavy atom. The Labute approximate surface area is 123 Å². The van der Waals surface area contributed by atoms with Crippen LogP contribution in [-0.2, 0) is 13.0 Å². The summed E-state index contributed by atoms with van der Waals surface area (Å²) in [4.78, 5) is 15.2. The minimum Gasteiger partial charge on any atom is -0.331 e. The lowest BCUT2D eigenvalue weighted by molar-refractivity contribution is 0.203. The fourth-order valence-corrected chi connectivity index (χ4v) is 3.43. The van der Waals surface area contributed by atoms with Crippen molar-refractivity contribution in [2.45, 2.75) is 25.4 Å². The van der Waals surface area contributed by atoms with Gasteiger partial charge in [-0.15, -0.1) is 11.3 Å². The smallest absolute Gasteiger partial charge is 0.317 e. The van der Waals surface area contributed by atoms with E-state index < -0.39 is 0 Å². The number of thiophene rings is 1. The second kappa shape index (κ2) is 5.67. The molecule has 3 rings (SSSR count). The number of benzene rings is 1. The molecule has 2 amide bonds. The normalized spacial score (nSPS) is 16.8. The molecule has 0 saturated carbocycles. The molecule has 1 heterocycles. The average Bonchev–Trinajstić information content (AvgIpc) is 3.09. The van der Waals surface area contributed by atoms with E-state index in [0.29, 0.717) is 6.54 Å². The standard InChI is InChI=1S/C16H18N2OS/c1-18(11-13-6-4-10-20-13)16(19)17-15-9-8-12-5-2-3-7-14(12)15/h2-7,10,15H,8-9,11H2,1H3,(H,17,19). The van der Waals surface area contributed by atoms with Crippen LogP contribution in [0.3, 0.4) is 0 Å². The number of carbonyl (C=O) groups is 1. The molecule has 1 atom stereocenters. The van der Waals surface area contributed by atoms with Crippen molar-refractivity contribution in [2.75, 3.05) is 7.05 Å². The Hall–Kier alpha value is -1.81. The molecule has 1 aliphatic carbocycles. The second-order valence-corrected chi connectivity index (χ2v) is 6.21. The SMILES string of the molecule is CN(Cc1cccs1)C(=O)NC1CCc2ccccc21. The number of hydrogen-bond acceptors (Lipinski definition) is 2. The molecule has 20 heavy (non-hydrogen) atoms. The van der Waals surface area contributed by atoms with Crippen LogP contribution in [0.5, 0.6) is 0 Å². The Morgan fingerprint density at radius 1 is 1.35 bits per heavy atom. The highest BCUT2D eigenvalue weighted by Gasteiger charge is 2.24. The van der Waals surface area contributed by atoms with Crippen LogP contribution in [-0.4, -0.2) is 18.0 Å². The van der Waals surface area contributed by atoms with Gasteiger partial charge in [-0.2, -0.15) is 0 Å². The number of aryl methyl sites for hydroxylation is 1. The first-order valence-corrected chi connectivity index (χ1v) is 7.74. The number of amides is 2. The molecule has 3 nitrogen and oxygen atoms in total. The lowest BCUT2D eigenvalue weighted by Crippen LogP contribution is -2.38. The summed E-state index contributed by atoms with van der Waals surface area (Å²) >= 11 is 1.68. The second-order valence-electron chi connectivity index (χ2n) is 5.17. The van der Waals surface area contributed by atoms with Gasteiger partial charge in [0.2, 0.25) is 0 Å². The van der Waals surface area contributed by atoms with Crippen LogP contribution in [0.15, 0.2) is 41.8 Å². The van der Waals surface area contributed by atoms with E-state index in [-0.39, 0.29) is 12.1 Å². The topological polar surface area (TPSA) is 32.3 Å². The van der Waals surface area contributed by atoms with Crippen LogP contribution in [0, 0.1) is 0 Å². The molecule has 0 aliphatic heterocycles. The van der Waals surface area contributed by atoms with Crippen molar-refractivity contribution in [1.82, 2.24) is 10.2 Å². The third kappa shape index (κ3) is 2.70. The summed E-state index contributed by atoms with van der Waals surface area (Å²) in [6.45, 7) is 0.665. The van der Waals surface area contributed by atoms with Crippen LogP contribution < -0.4 is 5.32 Å². The van der Waals surface area contributed by atoms with Gasteiger partial charge >= 0.3 is 6.03 Å². The van der Waals surface area contributed by atoms with Gasteiger partial charge in [-0.05, 0) is 35.4 Å². The number of nitrogens with one attached hydrogen (secondary N) is 1. The summed E-state index contributed by atoms with van der Waals surface area (Å²) < 4.78 is 0. The number of urea groups is 1. The van der Waals surface area contributed by atoms with E-state index in [2.05, 4.69) is 29.6 Å². The molecular weight excluding hydrogens is 268 g/mol. The minimum atomic E-state index is 0.0000954. The average molecular weight is 286 g/mol. The maximum absolute atomic E-state index is 12.3. The third-order valence-electron chi connectivity index (χ3n) is 3.75. The molecule has 0 bridgehead atoms. The number of rotatable bonds is 3. The van der Waals surface area contributed by atoms with Crippen LogP contribution in [0.1, 0.15) is 28.5 Å². The third-order valence-corrected chi connectivity index (χ3v) is 4.61. The molecular formula is C16H18N2OS. The summed E-state index contributed by atoms with van der Waals surface area (Å²) in [5, 5.41) is 5.17. The zero-order valence-corrected chi connectivity index (χ0v) is 12.3. The van der Waals surface area contributed by atoms with Gasteiger partial charge in [0, 0.05) is 11.9 Å². The highest BCUT2D eigenvalue weighted by Crippen LogP contribution is 2.30. The van der Waals surface area contributed by atoms with Crippen LogP contribution in [0.25, 0.3) is 0 Å².